The number of methoxy groups -OCH3 is 1. The summed E-state index contributed by atoms with van der Waals surface area (Å²) in [5.74, 6) is -2.09. The smallest absolute Gasteiger partial charge is 0.409 e. The van der Waals surface area contributed by atoms with E-state index >= 15 is 0 Å². The first kappa shape index (κ1) is 70.7. The van der Waals surface area contributed by atoms with E-state index in [2.05, 4.69) is 37.2 Å². The topological polar surface area (TPSA) is 300 Å². The summed E-state index contributed by atoms with van der Waals surface area (Å²) in [7, 11) is 3.25. The summed E-state index contributed by atoms with van der Waals surface area (Å²) >= 11 is 7.98. The fourth-order valence-electron chi connectivity index (χ4n) is 8.60. The van der Waals surface area contributed by atoms with Crippen LogP contribution in [0.25, 0.3) is 0 Å². The highest BCUT2D eigenvalue weighted by molar-refractivity contribution is 7.99. The Labute approximate surface area is 518 Å². The quantitative estimate of drug-likeness (QED) is 0.0249. The molecule has 2 heterocycles. The van der Waals surface area contributed by atoms with Crippen molar-refractivity contribution in [2.45, 2.75) is 155 Å². The number of likely N-dealkylation sites (N-methyl/N-ethyl adjacent to an activating group) is 1. The summed E-state index contributed by atoms with van der Waals surface area (Å²) in [6, 6.07) is 12.7. The molecule has 0 radical (unpaired) electrons. The SMILES string of the molecule is COC(C)(C)CCOCCOC(C)(C)CCSC[C@H](NC(=O)OC(C)(C)C)C(=O)N[C@@H](C)C(=O)N[C@@H](C)C(=O)Nc1ccc(COC(=O)N(C)CCOCCc2ccc(NC(=O)NCc3ccc4c(c3)CN(C3CCC(=O)NC3=O)C4=O)cc2Cl)cc1. The Bertz CT molecular complexity index is 2890. The second-order valence-electron chi connectivity index (χ2n) is 23.4. The molecular formula is C61H86ClN9O15S. The minimum Gasteiger partial charge on any atom is -0.445 e. The van der Waals surface area contributed by atoms with Gasteiger partial charge in [-0.2, -0.15) is 11.8 Å². The van der Waals surface area contributed by atoms with Crippen LogP contribution in [0.1, 0.15) is 121 Å². The first-order valence-corrected chi connectivity index (χ1v) is 30.4. The van der Waals surface area contributed by atoms with Crippen molar-refractivity contribution in [1.82, 2.24) is 36.4 Å². The highest BCUT2D eigenvalue weighted by Gasteiger charge is 2.39. The largest absolute Gasteiger partial charge is 0.445 e. The van der Waals surface area contributed by atoms with Gasteiger partial charge in [0.2, 0.25) is 29.5 Å². The molecule has 3 aromatic carbocycles. The number of carbonyl (C=O) groups is 9. The van der Waals surface area contributed by atoms with Crippen LogP contribution in [0.4, 0.5) is 25.8 Å². The number of nitrogens with one attached hydrogen (secondary N) is 7. The van der Waals surface area contributed by atoms with E-state index in [0.717, 1.165) is 23.1 Å². The number of amides is 10. The van der Waals surface area contributed by atoms with Crippen molar-refractivity contribution in [3.63, 3.8) is 0 Å². The molecule has 5 rings (SSSR count). The number of imide groups is 1. The van der Waals surface area contributed by atoms with Crippen LogP contribution >= 0.6 is 23.4 Å². The Kier molecular flexibility index (Phi) is 27.1. The average Bonchev–Trinajstić information content (AvgIpc) is 2.83. The van der Waals surface area contributed by atoms with Gasteiger partial charge in [0.15, 0.2) is 0 Å². The Balaban J connectivity index is 0.949. The Morgan fingerprint density at radius 2 is 1.45 bits per heavy atom. The van der Waals surface area contributed by atoms with E-state index in [1.54, 1.807) is 89.5 Å². The summed E-state index contributed by atoms with van der Waals surface area (Å²) in [4.78, 5) is 118. The predicted octanol–water partition coefficient (Wildman–Crippen LogP) is 6.84. The molecule has 0 aromatic heterocycles. The van der Waals surface area contributed by atoms with Crippen molar-refractivity contribution in [1.29, 1.82) is 0 Å². The zero-order valence-electron chi connectivity index (χ0n) is 51.7. The third-order valence-corrected chi connectivity index (χ3v) is 15.5. The molecule has 2 aliphatic heterocycles. The summed E-state index contributed by atoms with van der Waals surface area (Å²) < 4.78 is 33.8. The van der Waals surface area contributed by atoms with Crippen LogP contribution in [-0.4, -0.2) is 170 Å². The summed E-state index contributed by atoms with van der Waals surface area (Å²) in [6.07, 6.45) is 0.934. The van der Waals surface area contributed by atoms with E-state index in [-0.39, 0.29) is 68.9 Å². The van der Waals surface area contributed by atoms with Crippen LogP contribution in [0, 0.1) is 0 Å². The maximum Gasteiger partial charge on any atom is 0.409 e. The van der Waals surface area contributed by atoms with Crippen LogP contribution in [0.3, 0.4) is 0 Å². The summed E-state index contributed by atoms with van der Waals surface area (Å²) in [5.41, 5.74) is 2.75. The van der Waals surface area contributed by atoms with Crippen molar-refractivity contribution in [2.24, 2.45) is 0 Å². The van der Waals surface area contributed by atoms with E-state index in [1.807, 2.05) is 33.8 Å². The van der Waals surface area contributed by atoms with Gasteiger partial charge in [-0.15, -0.1) is 0 Å². The van der Waals surface area contributed by atoms with Crippen molar-refractivity contribution in [3.05, 3.63) is 93.5 Å². The lowest BCUT2D eigenvalue weighted by atomic mass is 10.0. The molecule has 1 unspecified atom stereocenters. The number of piperidine rings is 1. The van der Waals surface area contributed by atoms with Gasteiger partial charge in [-0.1, -0.05) is 41.9 Å². The lowest BCUT2D eigenvalue weighted by Crippen LogP contribution is -2.55. The van der Waals surface area contributed by atoms with Crippen molar-refractivity contribution in [2.75, 3.05) is 75.9 Å². The zero-order valence-corrected chi connectivity index (χ0v) is 53.3. The third kappa shape index (κ3) is 24.2. The van der Waals surface area contributed by atoms with Gasteiger partial charge in [0.05, 0.1) is 37.6 Å². The number of hydrogen-bond donors (Lipinski definition) is 7. The molecule has 26 heteroatoms. The molecule has 10 amide bonds. The maximum atomic E-state index is 13.5. The van der Waals surface area contributed by atoms with Crippen LogP contribution in [0.15, 0.2) is 60.7 Å². The lowest BCUT2D eigenvalue weighted by molar-refractivity contribution is -0.137. The number of ether oxygens (including phenoxy) is 6. The number of urea groups is 1. The molecule has 0 saturated carbocycles. The summed E-state index contributed by atoms with van der Waals surface area (Å²) in [5, 5.41) is 18.9. The van der Waals surface area contributed by atoms with Gasteiger partial charge in [0.25, 0.3) is 5.91 Å². The predicted molar refractivity (Wildman–Crippen MR) is 329 cm³/mol. The number of alkyl carbamates (subject to hydrolysis) is 1. The number of fused-ring (bicyclic) bond motifs is 1. The van der Waals surface area contributed by atoms with Gasteiger partial charge in [-0.05, 0) is 146 Å². The molecule has 24 nitrogen and oxygen atoms in total. The van der Waals surface area contributed by atoms with Gasteiger partial charge in [0, 0.05) is 74.5 Å². The molecule has 2 aliphatic rings. The maximum absolute atomic E-state index is 13.5. The minimum absolute atomic E-state index is 0.0441. The van der Waals surface area contributed by atoms with Crippen molar-refractivity contribution < 1.29 is 71.6 Å². The van der Waals surface area contributed by atoms with E-state index in [4.69, 9.17) is 40.0 Å². The Morgan fingerprint density at radius 3 is 2.14 bits per heavy atom. The first-order chi connectivity index (χ1) is 41.0. The number of nitrogens with zero attached hydrogens (tertiary/aromatic N) is 2. The molecule has 1 saturated heterocycles. The van der Waals surface area contributed by atoms with Crippen LogP contribution < -0.4 is 37.2 Å². The number of benzene rings is 3. The van der Waals surface area contributed by atoms with Gasteiger partial charge >= 0.3 is 18.2 Å². The minimum atomic E-state index is -1.08. The van der Waals surface area contributed by atoms with Crippen molar-refractivity contribution in [3.8, 4) is 0 Å². The Morgan fingerprint density at radius 1 is 0.770 bits per heavy atom. The molecule has 478 valence electrons. The Hall–Kier alpha value is -7.03. The number of rotatable bonds is 32. The van der Waals surface area contributed by atoms with Crippen molar-refractivity contribution >= 4 is 88.4 Å². The lowest BCUT2D eigenvalue weighted by Gasteiger charge is -2.29. The molecule has 1 fully saturated rings. The number of anilines is 2. The average molecular weight is 1250 g/mol. The number of halogens is 1. The van der Waals surface area contributed by atoms with Crippen LogP contribution in [-0.2, 0) is 78.5 Å². The van der Waals surface area contributed by atoms with Gasteiger partial charge in [-0.25, -0.2) is 14.4 Å². The first-order valence-electron chi connectivity index (χ1n) is 28.9. The fraction of sp³-hybridized carbons (Fsp3) is 0.557. The molecule has 0 aliphatic carbocycles. The van der Waals surface area contributed by atoms with Gasteiger partial charge in [-0.3, -0.25) is 34.1 Å². The normalized spacial score (nSPS) is 15.3. The van der Waals surface area contributed by atoms with Gasteiger partial charge in [0.1, 0.15) is 36.4 Å². The molecular weight excluding hydrogens is 1170 g/mol. The summed E-state index contributed by atoms with van der Waals surface area (Å²) in [6.45, 7) is 18.6. The van der Waals surface area contributed by atoms with Gasteiger partial charge < -0.3 is 70.1 Å². The number of hydrogen-bond acceptors (Lipinski definition) is 16. The monoisotopic (exact) mass is 1250 g/mol. The molecule has 7 N–H and O–H groups in total. The highest BCUT2D eigenvalue weighted by Crippen LogP contribution is 2.29. The number of carbonyl (C=O) groups excluding carboxylic acids is 9. The third-order valence-electron chi connectivity index (χ3n) is 14.1. The second kappa shape index (κ2) is 33.4. The molecule has 87 heavy (non-hydrogen) atoms. The number of thioether (sulfide) groups is 1. The van der Waals surface area contributed by atoms with Crippen LogP contribution in [0.2, 0.25) is 5.02 Å². The standard InChI is InChI=1S/C61H86ClN9O15S/c1-38(65-53(75)48(68-57(79)86-59(3,4)5)37-87-31-24-61(8,9)85-30-29-83-27-23-60(6,7)81-11)51(73)64-39(2)52(74)66-44-16-12-40(13-17-44)36-84-58(80)70(10)25-28-82-26-22-42-15-18-45(33-47(42)62)67-56(78)63-34-41-14-19-46-43(32-41)35-71(55(46)77)49-20-21-50(72)69-54(49)76/h12-19,32-33,38-39,48-49H,20-31,34-37H2,1-11H3,(H,64,73)(H,65,75)(H,66,74)(H,68,79)(H2,63,67,78)(H,69,72,76)/t38-,39-,48-,49?/m0/s1. The van der Waals surface area contributed by atoms with E-state index in [0.29, 0.717) is 72.5 Å². The highest BCUT2D eigenvalue weighted by atomic mass is 35.5. The molecule has 3 aromatic rings. The van der Waals surface area contributed by atoms with E-state index in [1.165, 1.54) is 35.4 Å². The second-order valence-corrected chi connectivity index (χ2v) is 25.0. The molecule has 0 bridgehead atoms. The zero-order chi connectivity index (χ0) is 64.1. The van der Waals surface area contributed by atoms with E-state index < -0.39 is 77.2 Å². The fourth-order valence-corrected chi connectivity index (χ4v) is 10.1. The molecule has 4 atom stereocenters. The molecule has 0 spiro atoms. The van der Waals surface area contributed by atoms with E-state index in [9.17, 15) is 43.2 Å². The van der Waals surface area contributed by atoms with Crippen LogP contribution in [0.5, 0.6) is 0 Å².